The molecule has 0 bridgehead atoms. The summed E-state index contributed by atoms with van der Waals surface area (Å²) in [5, 5.41) is 9.16. The zero-order chi connectivity index (χ0) is 24.9. The molecule has 1 saturated heterocycles. The number of cyclic esters (lactones) is 1. The molecule has 1 N–H and O–H groups in total. The molecular formula is C27H27BNO6. The molecule has 1 amide bonds. The third-order valence-corrected chi connectivity index (χ3v) is 6.08. The number of nitrogens with zero attached hydrogens (tertiary/aromatic N) is 1. The van der Waals surface area contributed by atoms with E-state index in [2.05, 4.69) is 0 Å². The van der Waals surface area contributed by atoms with Gasteiger partial charge in [0.25, 0.3) is 0 Å². The van der Waals surface area contributed by atoms with E-state index in [-0.39, 0.29) is 31.2 Å². The van der Waals surface area contributed by atoms with Crippen LogP contribution in [0.1, 0.15) is 29.7 Å². The predicted molar refractivity (Wildman–Crippen MR) is 133 cm³/mol. The van der Waals surface area contributed by atoms with Crippen LogP contribution in [-0.2, 0) is 22.5 Å². The van der Waals surface area contributed by atoms with E-state index in [4.69, 9.17) is 19.3 Å². The van der Waals surface area contributed by atoms with Crippen LogP contribution in [0.4, 0.5) is 4.79 Å². The van der Waals surface area contributed by atoms with Crippen LogP contribution >= 0.6 is 0 Å². The molecule has 8 heteroatoms. The summed E-state index contributed by atoms with van der Waals surface area (Å²) in [4.78, 5) is 25.7. The van der Waals surface area contributed by atoms with E-state index in [1.165, 1.54) is 7.11 Å². The Bertz CT molecular complexity index is 1220. The van der Waals surface area contributed by atoms with Crippen LogP contribution in [0, 0.1) is 0 Å². The molecule has 7 nitrogen and oxygen atoms in total. The van der Waals surface area contributed by atoms with E-state index in [0.29, 0.717) is 22.8 Å². The maximum absolute atomic E-state index is 12.8. The smallest absolute Gasteiger partial charge is 0.411 e. The average Bonchev–Trinajstić information content (AvgIpc) is 3.13. The van der Waals surface area contributed by atoms with Gasteiger partial charge in [-0.1, -0.05) is 60.8 Å². The van der Waals surface area contributed by atoms with E-state index in [9.17, 15) is 9.59 Å². The minimum absolute atomic E-state index is 0.130. The predicted octanol–water partition coefficient (Wildman–Crippen LogP) is 4.57. The van der Waals surface area contributed by atoms with E-state index >= 15 is 0 Å². The fourth-order valence-corrected chi connectivity index (χ4v) is 4.19. The van der Waals surface area contributed by atoms with Crippen LogP contribution in [0.3, 0.4) is 0 Å². The topological polar surface area (TPSA) is 85.3 Å². The molecule has 3 aromatic rings. The Hall–Kier alpha value is -3.94. The molecule has 1 radical (unpaired) electrons. The molecule has 0 aliphatic carbocycles. The van der Waals surface area contributed by atoms with Crippen molar-refractivity contribution in [1.82, 2.24) is 4.90 Å². The fourth-order valence-electron chi connectivity index (χ4n) is 4.19. The lowest BCUT2D eigenvalue weighted by molar-refractivity contribution is -0.136. The Morgan fingerprint density at radius 1 is 1.06 bits per heavy atom. The second-order valence-electron chi connectivity index (χ2n) is 8.40. The van der Waals surface area contributed by atoms with Gasteiger partial charge in [-0.05, 0) is 36.2 Å². The van der Waals surface area contributed by atoms with E-state index in [0.717, 1.165) is 16.6 Å². The first-order valence-electron chi connectivity index (χ1n) is 11.4. The summed E-state index contributed by atoms with van der Waals surface area (Å²) in [6.07, 6.45) is -0.874. The van der Waals surface area contributed by atoms with Crippen LogP contribution in [0.15, 0.2) is 66.7 Å². The van der Waals surface area contributed by atoms with Crippen LogP contribution in [0.5, 0.6) is 17.2 Å². The van der Waals surface area contributed by atoms with Gasteiger partial charge in [0.15, 0.2) is 11.5 Å². The molecule has 4 rings (SSSR count). The third kappa shape index (κ3) is 5.43. The number of carbonyl (C=O) groups is 2. The van der Waals surface area contributed by atoms with Gasteiger partial charge in [0.05, 0.1) is 26.1 Å². The number of hydrogen-bond donors (Lipinski definition) is 1. The van der Waals surface area contributed by atoms with Gasteiger partial charge < -0.3 is 19.3 Å². The highest BCUT2D eigenvalue weighted by Crippen LogP contribution is 2.37. The van der Waals surface area contributed by atoms with Gasteiger partial charge in [-0.15, -0.1) is 0 Å². The molecule has 35 heavy (non-hydrogen) atoms. The van der Waals surface area contributed by atoms with Crippen molar-refractivity contribution in [3.63, 3.8) is 0 Å². The maximum atomic E-state index is 12.8. The van der Waals surface area contributed by atoms with Crippen molar-refractivity contribution in [3.05, 3.63) is 83.4 Å². The summed E-state index contributed by atoms with van der Waals surface area (Å²) >= 11 is 0. The number of carboxylic acids is 1. The normalized spacial score (nSPS) is 17.1. The molecule has 1 aliphatic heterocycles. The summed E-state index contributed by atoms with van der Waals surface area (Å²) in [7, 11) is 3.50. The van der Waals surface area contributed by atoms with Gasteiger partial charge in [0.2, 0.25) is 0 Å². The molecule has 3 aromatic carbocycles. The van der Waals surface area contributed by atoms with Gasteiger partial charge in [0.1, 0.15) is 19.1 Å². The maximum Gasteiger partial charge on any atom is 0.411 e. The first-order chi connectivity index (χ1) is 16.9. The number of aliphatic carboxylic acids is 1. The van der Waals surface area contributed by atoms with Crippen LogP contribution in [0.2, 0.25) is 6.82 Å². The Kier molecular flexibility index (Phi) is 7.29. The van der Waals surface area contributed by atoms with Gasteiger partial charge in [-0.2, -0.15) is 0 Å². The second kappa shape index (κ2) is 10.6. The van der Waals surface area contributed by atoms with Crippen molar-refractivity contribution in [1.29, 1.82) is 0 Å². The first kappa shape index (κ1) is 24.2. The summed E-state index contributed by atoms with van der Waals surface area (Å²) in [5.74, 6) is 0.498. The van der Waals surface area contributed by atoms with Crippen LogP contribution in [0.25, 0.3) is 0 Å². The second-order valence-corrected chi connectivity index (χ2v) is 8.40. The number of amides is 1. The highest BCUT2D eigenvalue weighted by atomic mass is 16.6. The number of hydrogen-bond acceptors (Lipinski definition) is 5. The minimum atomic E-state index is -0.931. The Morgan fingerprint density at radius 2 is 1.80 bits per heavy atom. The van der Waals surface area contributed by atoms with Crippen molar-refractivity contribution >= 4 is 24.8 Å². The minimum Gasteiger partial charge on any atom is -0.493 e. The monoisotopic (exact) mass is 472 g/mol. The molecular weight excluding hydrogens is 445 g/mol. The van der Waals surface area contributed by atoms with Gasteiger partial charge >= 0.3 is 12.1 Å². The van der Waals surface area contributed by atoms with Crippen molar-refractivity contribution in [2.45, 2.75) is 38.9 Å². The summed E-state index contributed by atoms with van der Waals surface area (Å²) in [5.41, 5.74) is 3.32. The largest absolute Gasteiger partial charge is 0.493 e. The van der Waals surface area contributed by atoms with Crippen molar-refractivity contribution in [3.8, 4) is 17.2 Å². The molecule has 1 heterocycles. The zero-order valence-electron chi connectivity index (χ0n) is 19.9. The van der Waals surface area contributed by atoms with E-state index in [1.54, 1.807) is 23.1 Å². The number of carboxylic acid groups (broad SMARTS) is 1. The Morgan fingerprint density at radius 3 is 2.49 bits per heavy atom. The summed E-state index contributed by atoms with van der Waals surface area (Å²) in [6.45, 7) is 4.20. The fraction of sp³-hybridized carbons (Fsp3) is 0.259. The highest BCUT2D eigenvalue weighted by Gasteiger charge is 2.39. The van der Waals surface area contributed by atoms with Gasteiger partial charge in [-0.25, -0.2) is 4.79 Å². The highest BCUT2D eigenvalue weighted by molar-refractivity contribution is 6.51. The lowest BCUT2D eigenvalue weighted by Crippen LogP contribution is -2.32. The number of carbonyl (C=O) groups excluding carboxylic acids is 1. The molecule has 1 fully saturated rings. The van der Waals surface area contributed by atoms with Crippen molar-refractivity contribution < 1.29 is 28.9 Å². The molecule has 2 atom stereocenters. The average molecular weight is 472 g/mol. The molecule has 179 valence electrons. The molecule has 0 unspecified atom stereocenters. The Balaban J connectivity index is 1.63. The number of rotatable bonds is 9. The standard InChI is InChI=1S/C27H27BNO6/c1-17-26(19-7-5-4-6-8-19)35-27(32)29(17)16-20-15-21(28-2)10-12-22(20)34-24-13-18(14-25(30)31)9-11-23(24)33-3/h4-13,15,17,26H,14,16H2,1-3H3,(H,30,31)/t17-,26-/m0/s1. The molecule has 1 aliphatic rings. The quantitative estimate of drug-likeness (QED) is 0.459. The molecule has 0 aromatic heterocycles. The van der Waals surface area contributed by atoms with Crippen LogP contribution < -0.4 is 14.9 Å². The molecule has 0 spiro atoms. The lowest BCUT2D eigenvalue weighted by atomic mass is 9.73. The SMILES string of the molecule is C[B]c1ccc(Oc2cc(CC(=O)O)ccc2OC)c(CN2C(=O)O[C@H](c3ccccc3)[C@@H]2C)c1. The third-order valence-electron chi connectivity index (χ3n) is 6.08. The van der Waals surface area contributed by atoms with Gasteiger partial charge in [0, 0.05) is 5.56 Å². The summed E-state index contributed by atoms with van der Waals surface area (Å²) in [6, 6.07) is 20.3. The van der Waals surface area contributed by atoms with E-state index < -0.39 is 5.97 Å². The lowest BCUT2D eigenvalue weighted by Gasteiger charge is -2.23. The van der Waals surface area contributed by atoms with Crippen molar-refractivity contribution in [2.24, 2.45) is 0 Å². The molecule has 0 saturated carbocycles. The van der Waals surface area contributed by atoms with Gasteiger partial charge in [-0.3, -0.25) is 9.69 Å². The van der Waals surface area contributed by atoms with Crippen LogP contribution in [-0.4, -0.2) is 42.5 Å². The number of methoxy groups -OCH3 is 1. The number of benzene rings is 3. The van der Waals surface area contributed by atoms with Crippen molar-refractivity contribution in [2.75, 3.05) is 7.11 Å². The zero-order valence-corrected chi connectivity index (χ0v) is 19.9. The van der Waals surface area contributed by atoms with E-state index in [1.807, 2.05) is 69.6 Å². The Labute approximate surface area is 205 Å². The summed E-state index contributed by atoms with van der Waals surface area (Å²) < 4.78 is 17.4. The number of ether oxygens (including phenoxy) is 3. The first-order valence-corrected chi connectivity index (χ1v) is 11.4.